The second-order valence-electron chi connectivity index (χ2n) is 3.85. The molecule has 0 spiro atoms. The smallest absolute Gasteiger partial charge is 0.343 e. The number of aromatic amines is 1. The van der Waals surface area contributed by atoms with Crippen molar-refractivity contribution in [2.24, 2.45) is 7.05 Å². The van der Waals surface area contributed by atoms with Crippen molar-refractivity contribution in [3.8, 4) is 5.75 Å². The van der Waals surface area contributed by atoms with Crippen LogP contribution in [0, 0.1) is 0 Å². The monoisotopic (exact) mass is 279 g/mol. The summed E-state index contributed by atoms with van der Waals surface area (Å²) in [5.74, 6) is 1.27. The van der Waals surface area contributed by atoms with Crippen molar-refractivity contribution in [1.29, 1.82) is 0 Å². The van der Waals surface area contributed by atoms with E-state index in [4.69, 9.17) is 4.74 Å². The molecule has 100 valence electrons. The number of nitrogens with zero attached hydrogens (tertiary/aromatic N) is 2. The van der Waals surface area contributed by atoms with Gasteiger partial charge in [-0.25, -0.2) is 9.89 Å². The van der Waals surface area contributed by atoms with Crippen LogP contribution >= 0.6 is 11.8 Å². The number of ether oxygens (including phenoxy) is 1. The van der Waals surface area contributed by atoms with Crippen molar-refractivity contribution in [3.05, 3.63) is 39.8 Å². The number of rotatable bonds is 5. The summed E-state index contributed by atoms with van der Waals surface area (Å²) in [4.78, 5) is 22.0. The van der Waals surface area contributed by atoms with Gasteiger partial charge in [0.05, 0.1) is 7.11 Å². The molecule has 0 unspecified atom stereocenters. The van der Waals surface area contributed by atoms with Crippen LogP contribution in [-0.4, -0.2) is 28.2 Å². The summed E-state index contributed by atoms with van der Waals surface area (Å²) < 4.78 is 6.67. The van der Waals surface area contributed by atoms with Gasteiger partial charge in [-0.15, -0.1) is 5.10 Å². The van der Waals surface area contributed by atoms with Crippen LogP contribution in [-0.2, 0) is 12.8 Å². The second kappa shape index (κ2) is 5.75. The summed E-state index contributed by atoms with van der Waals surface area (Å²) in [6.45, 7) is 0. The third kappa shape index (κ3) is 2.87. The molecule has 1 aromatic heterocycles. The molecule has 19 heavy (non-hydrogen) atoms. The quantitative estimate of drug-likeness (QED) is 0.658. The minimum atomic E-state index is -0.254. The molecule has 0 saturated carbocycles. The standard InChI is InChI=1S/C12H13N3O3S/c1-15-11(17)13-14-12(15)19-7-9-5-8(6-16)3-4-10(9)18-2/h3-6H,7H2,1-2H3,(H,13,17). The van der Waals surface area contributed by atoms with Gasteiger partial charge in [-0.05, 0) is 18.2 Å². The third-order valence-corrected chi connectivity index (χ3v) is 3.71. The summed E-state index contributed by atoms with van der Waals surface area (Å²) in [5, 5.41) is 6.87. The van der Waals surface area contributed by atoms with Crippen molar-refractivity contribution >= 4 is 18.0 Å². The maximum atomic E-state index is 11.2. The predicted molar refractivity (Wildman–Crippen MR) is 71.8 cm³/mol. The number of aldehydes is 1. The molecule has 2 aromatic rings. The molecule has 1 aromatic carbocycles. The zero-order valence-corrected chi connectivity index (χ0v) is 11.4. The zero-order valence-electron chi connectivity index (χ0n) is 10.5. The highest BCUT2D eigenvalue weighted by Gasteiger charge is 2.09. The van der Waals surface area contributed by atoms with Gasteiger partial charge in [-0.3, -0.25) is 9.36 Å². The van der Waals surface area contributed by atoms with Gasteiger partial charge in [-0.2, -0.15) is 0 Å². The normalized spacial score (nSPS) is 10.4. The van der Waals surface area contributed by atoms with Gasteiger partial charge < -0.3 is 4.74 Å². The first-order chi connectivity index (χ1) is 9.15. The Balaban J connectivity index is 2.20. The van der Waals surface area contributed by atoms with E-state index in [2.05, 4.69) is 10.2 Å². The van der Waals surface area contributed by atoms with Crippen LogP contribution in [0.4, 0.5) is 0 Å². The summed E-state index contributed by atoms with van der Waals surface area (Å²) in [6.07, 6.45) is 0.790. The second-order valence-corrected chi connectivity index (χ2v) is 4.79. The molecule has 0 aliphatic carbocycles. The van der Waals surface area contributed by atoms with E-state index in [0.29, 0.717) is 22.2 Å². The summed E-state index contributed by atoms with van der Waals surface area (Å²) >= 11 is 1.39. The molecule has 1 heterocycles. The van der Waals surface area contributed by atoms with Crippen LogP contribution in [0.1, 0.15) is 15.9 Å². The first kappa shape index (κ1) is 13.4. The molecule has 1 N–H and O–H groups in total. The topological polar surface area (TPSA) is 77.0 Å². The highest BCUT2D eigenvalue weighted by molar-refractivity contribution is 7.98. The van der Waals surface area contributed by atoms with E-state index in [1.807, 2.05) is 0 Å². The van der Waals surface area contributed by atoms with E-state index in [0.717, 1.165) is 11.8 Å². The number of aromatic nitrogens is 3. The van der Waals surface area contributed by atoms with Gasteiger partial charge >= 0.3 is 5.69 Å². The van der Waals surface area contributed by atoms with Crippen molar-refractivity contribution in [1.82, 2.24) is 14.8 Å². The van der Waals surface area contributed by atoms with Crippen LogP contribution in [0.3, 0.4) is 0 Å². The van der Waals surface area contributed by atoms with Crippen LogP contribution in [0.5, 0.6) is 5.75 Å². The molecular formula is C12H13N3O3S. The minimum Gasteiger partial charge on any atom is -0.496 e. The average Bonchev–Trinajstić information content (AvgIpc) is 2.76. The van der Waals surface area contributed by atoms with Crippen LogP contribution in [0.25, 0.3) is 0 Å². The molecule has 0 bridgehead atoms. The summed E-state index contributed by atoms with van der Waals surface area (Å²) in [6, 6.07) is 5.22. The fourth-order valence-corrected chi connectivity index (χ4v) is 2.49. The van der Waals surface area contributed by atoms with Gasteiger partial charge in [0, 0.05) is 23.9 Å². The van der Waals surface area contributed by atoms with Crippen molar-refractivity contribution in [2.75, 3.05) is 7.11 Å². The molecular weight excluding hydrogens is 266 g/mol. The summed E-state index contributed by atoms with van der Waals surface area (Å²) in [5.41, 5.74) is 1.22. The van der Waals surface area contributed by atoms with Crippen LogP contribution in [0.2, 0.25) is 0 Å². The molecule has 0 saturated heterocycles. The number of H-pyrrole nitrogens is 1. The lowest BCUT2D eigenvalue weighted by atomic mass is 10.1. The van der Waals surface area contributed by atoms with Crippen molar-refractivity contribution in [3.63, 3.8) is 0 Å². The molecule has 0 aliphatic heterocycles. The van der Waals surface area contributed by atoms with Gasteiger partial charge in [0.2, 0.25) is 0 Å². The molecule has 0 aliphatic rings. The highest BCUT2D eigenvalue weighted by atomic mass is 32.2. The molecule has 0 atom stereocenters. The maximum Gasteiger partial charge on any atom is 0.343 e. The Hall–Kier alpha value is -2.02. The van der Waals surface area contributed by atoms with Gasteiger partial charge in [-0.1, -0.05) is 11.8 Å². The van der Waals surface area contributed by atoms with Crippen molar-refractivity contribution < 1.29 is 9.53 Å². The molecule has 0 fully saturated rings. The SMILES string of the molecule is COc1ccc(C=O)cc1CSc1n[nH]c(=O)n1C. The summed E-state index contributed by atoms with van der Waals surface area (Å²) in [7, 11) is 3.22. The Morgan fingerprint density at radius 1 is 1.53 bits per heavy atom. The molecule has 0 radical (unpaired) electrons. The predicted octanol–water partition coefficient (Wildman–Crippen LogP) is 1.22. The largest absolute Gasteiger partial charge is 0.496 e. The number of thioether (sulfide) groups is 1. The number of carbonyl (C=O) groups is 1. The van der Waals surface area contributed by atoms with Crippen LogP contribution < -0.4 is 10.4 Å². The van der Waals surface area contributed by atoms with E-state index in [-0.39, 0.29) is 5.69 Å². The third-order valence-electron chi connectivity index (χ3n) is 2.64. The van der Waals surface area contributed by atoms with E-state index in [1.54, 1.807) is 32.4 Å². The van der Waals surface area contributed by atoms with E-state index < -0.39 is 0 Å². The Kier molecular flexibility index (Phi) is 4.06. The first-order valence-corrected chi connectivity index (χ1v) is 6.50. The van der Waals surface area contributed by atoms with Crippen molar-refractivity contribution in [2.45, 2.75) is 10.9 Å². The Morgan fingerprint density at radius 2 is 2.32 bits per heavy atom. The number of carbonyl (C=O) groups excluding carboxylic acids is 1. The number of hydrogen-bond acceptors (Lipinski definition) is 5. The van der Waals surface area contributed by atoms with E-state index in [1.165, 1.54) is 16.3 Å². The highest BCUT2D eigenvalue weighted by Crippen LogP contribution is 2.26. The molecule has 0 amide bonds. The molecule has 6 nitrogen and oxygen atoms in total. The lowest BCUT2D eigenvalue weighted by Crippen LogP contribution is -2.12. The van der Waals surface area contributed by atoms with Crippen LogP contribution in [0.15, 0.2) is 28.2 Å². The fourth-order valence-electron chi connectivity index (χ4n) is 1.59. The Labute approximate surface area is 113 Å². The number of nitrogens with one attached hydrogen (secondary N) is 1. The lowest BCUT2D eigenvalue weighted by Gasteiger charge is -2.08. The van der Waals surface area contributed by atoms with E-state index in [9.17, 15) is 9.59 Å². The molecule has 2 rings (SSSR count). The fraction of sp³-hybridized carbons (Fsp3) is 0.250. The number of benzene rings is 1. The number of hydrogen-bond donors (Lipinski definition) is 1. The van der Waals surface area contributed by atoms with Gasteiger partial charge in [0.1, 0.15) is 12.0 Å². The Morgan fingerprint density at radius 3 is 2.89 bits per heavy atom. The molecule has 7 heteroatoms. The van der Waals surface area contributed by atoms with Gasteiger partial charge in [0.15, 0.2) is 5.16 Å². The lowest BCUT2D eigenvalue weighted by molar-refractivity contribution is 0.112. The van der Waals surface area contributed by atoms with Gasteiger partial charge in [0.25, 0.3) is 0 Å². The minimum absolute atomic E-state index is 0.254. The van der Waals surface area contributed by atoms with E-state index >= 15 is 0 Å². The number of methoxy groups -OCH3 is 1. The first-order valence-electron chi connectivity index (χ1n) is 5.52. The maximum absolute atomic E-state index is 11.2. The zero-order chi connectivity index (χ0) is 13.8. The average molecular weight is 279 g/mol. The Bertz CT molecular complexity index is 648.